The van der Waals surface area contributed by atoms with E-state index in [4.69, 9.17) is 0 Å². The molecule has 4 heteroatoms. The average molecular weight is 249 g/mol. The Hall–Kier alpha value is -2.75. The van der Waals surface area contributed by atoms with Crippen molar-refractivity contribution >= 4 is 29.3 Å². The van der Waals surface area contributed by atoms with Crippen LogP contribution in [-0.2, 0) is 0 Å². The van der Waals surface area contributed by atoms with E-state index in [2.05, 4.69) is 15.2 Å². The van der Waals surface area contributed by atoms with Gasteiger partial charge in [0, 0.05) is 23.3 Å². The Balaban J connectivity index is 1.98. The van der Waals surface area contributed by atoms with Gasteiger partial charge in [0.1, 0.15) is 6.29 Å². The highest BCUT2D eigenvalue weighted by Gasteiger charge is 2.03. The van der Waals surface area contributed by atoms with Gasteiger partial charge in [-0.2, -0.15) is 5.10 Å². The van der Waals surface area contributed by atoms with Gasteiger partial charge in [0.2, 0.25) is 0 Å². The van der Waals surface area contributed by atoms with E-state index in [9.17, 15) is 4.79 Å². The molecule has 0 aliphatic rings. The standard InChI is InChI=1S/C15H11N3O/c19-10-12-1-3-13-14(17-18-15(13)9-12)4-2-11-5-7-16-8-6-11/h1-10H,(H,17,18)/b4-2+. The van der Waals surface area contributed by atoms with Crippen molar-refractivity contribution in [3.63, 3.8) is 0 Å². The Morgan fingerprint density at radius 1 is 1.00 bits per heavy atom. The molecule has 0 atom stereocenters. The number of hydrogen-bond donors (Lipinski definition) is 1. The highest BCUT2D eigenvalue weighted by atomic mass is 16.1. The predicted molar refractivity (Wildman–Crippen MR) is 74.6 cm³/mol. The molecule has 0 unspecified atom stereocenters. The first-order chi connectivity index (χ1) is 9.36. The molecule has 0 bridgehead atoms. The molecule has 0 aliphatic carbocycles. The summed E-state index contributed by atoms with van der Waals surface area (Å²) in [5.74, 6) is 0. The van der Waals surface area contributed by atoms with Gasteiger partial charge in [-0.1, -0.05) is 12.1 Å². The summed E-state index contributed by atoms with van der Waals surface area (Å²) in [6.45, 7) is 0. The normalized spacial score (nSPS) is 11.2. The molecule has 0 radical (unpaired) electrons. The lowest BCUT2D eigenvalue weighted by Gasteiger charge is -1.93. The maximum Gasteiger partial charge on any atom is 0.150 e. The van der Waals surface area contributed by atoms with Crippen molar-refractivity contribution in [3.05, 3.63) is 59.5 Å². The van der Waals surface area contributed by atoms with Crippen LogP contribution >= 0.6 is 0 Å². The fraction of sp³-hybridized carbons (Fsp3) is 0. The van der Waals surface area contributed by atoms with Crippen LogP contribution in [-0.4, -0.2) is 21.5 Å². The highest BCUT2D eigenvalue weighted by molar-refractivity contribution is 5.92. The van der Waals surface area contributed by atoms with Crippen LogP contribution in [0.15, 0.2) is 42.7 Å². The lowest BCUT2D eigenvalue weighted by molar-refractivity contribution is 0.112. The highest BCUT2D eigenvalue weighted by Crippen LogP contribution is 2.18. The summed E-state index contributed by atoms with van der Waals surface area (Å²) in [4.78, 5) is 14.7. The number of H-pyrrole nitrogens is 1. The molecule has 19 heavy (non-hydrogen) atoms. The van der Waals surface area contributed by atoms with Crippen molar-refractivity contribution in [3.8, 4) is 0 Å². The quantitative estimate of drug-likeness (QED) is 0.726. The molecule has 0 amide bonds. The summed E-state index contributed by atoms with van der Waals surface area (Å²) in [6, 6.07) is 9.33. The summed E-state index contributed by atoms with van der Waals surface area (Å²) in [5, 5.41) is 8.17. The Kier molecular flexibility index (Phi) is 2.90. The molecule has 0 saturated heterocycles. The van der Waals surface area contributed by atoms with Crippen LogP contribution in [0.2, 0.25) is 0 Å². The summed E-state index contributed by atoms with van der Waals surface area (Å²) < 4.78 is 0. The van der Waals surface area contributed by atoms with Gasteiger partial charge >= 0.3 is 0 Å². The topological polar surface area (TPSA) is 58.6 Å². The van der Waals surface area contributed by atoms with E-state index < -0.39 is 0 Å². The van der Waals surface area contributed by atoms with E-state index in [1.807, 2.05) is 30.4 Å². The largest absolute Gasteiger partial charge is 0.298 e. The number of aromatic amines is 1. The minimum atomic E-state index is 0.640. The molecule has 2 aromatic heterocycles. The molecule has 1 aromatic carbocycles. The van der Waals surface area contributed by atoms with Gasteiger partial charge in [-0.05, 0) is 35.9 Å². The van der Waals surface area contributed by atoms with E-state index >= 15 is 0 Å². The number of benzene rings is 1. The molecule has 0 saturated carbocycles. The maximum atomic E-state index is 10.7. The minimum Gasteiger partial charge on any atom is -0.298 e. The number of pyridine rings is 1. The fourth-order valence-electron chi connectivity index (χ4n) is 1.91. The average Bonchev–Trinajstić information content (AvgIpc) is 2.88. The SMILES string of the molecule is O=Cc1ccc2c(/C=C/c3ccncc3)n[nH]c2c1. The summed E-state index contributed by atoms with van der Waals surface area (Å²) in [5.41, 5.74) is 3.42. The van der Waals surface area contributed by atoms with E-state index in [1.165, 1.54) is 0 Å². The Morgan fingerprint density at radius 3 is 2.63 bits per heavy atom. The zero-order chi connectivity index (χ0) is 13.1. The summed E-state index contributed by atoms with van der Waals surface area (Å²) in [7, 11) is 0. The molecule has 2 heterocycles. The second-order valence-electron chi connectivity index (χ2n) is 4.15. The van der Waals surface area contributed by atoms with Gasteiger partial charge in [-0.15, -0.1) is 0 Å². The lowest BCUT2D eigenvalue weighted by Crippen LogP contribution is -1.78. The van der Waals surface area contributed by atoms with Gasteiger partial charge in [-0.3, -0.25) is 14.9 Å². The zero-order valence-electron chi connectivity index (χ0n) is 10.1. The smallest absolute Gasteiger partial charge is 0.150 e. The number of nitrogens with one attached hydrogen (secondary N) is 1. The van der Waals surface area contributed by atoms with Gasteiger partial charge in [0.25, 0.3) is 0 Å². The third kappa shape index (κ3) is 2.28. The third-order valence-corrected chi connectivity index (χ3v) is 2.89. The molecule has 0 aliphatic heterocycles. The van der Waals surface area contributed by atoms with Crippen LogP contribution in [0.4, 0.5) is 0 Å². The first-order valence-corrected chi connectivity index (χ1v) is 5.88. The van der Waals surface area contributed by atoms with Gasteiger partial charge in [0.05, 0.1) is 11.2 Å². The molecule has 3 rings (SSSR count). The van der Waals surface area contributed by atoms with Crippen LogP contribution < -0.4 is 0 Å². The molecule has 4 nitrogen and oxygen atoms in total. The van der Waals surface area contributed by atoms with E-state index in [0.29, 0.717) is 5.56 Å². The van der Waals surface area contributed by atoms with Gasteiger partial charge < -0.3 is 0 Å². The Morgan fingerprint density at radius 2 is 1.84 bits per heavy atom. The monoisotopic (exact) mass is 249 g/mol. The van der Waals surface area contributed by atoms with Crippen molar-refractivity contribution in [1.82, 2.24) is 15.2 Å². The number of aldehydes is 1. The number of fused-ring (bicyclic) bond motifs is 1. The summed E-state index contributed by atoms with van der Waals surface area (Å²) in [6.07, 6.45) is 8.24. The predicted octanol–water partition coefficient (Wildman–Crippen LogP) is 2.94. The van der Waals surface area contributed by atoms with Crippen molar-refractivity contribution in [2.24, 2.45) is 0 Å². The molecule has 0 spiro atoms. The Bertz CT molecular complexity index is 744. The Labute approximate surface area is 109 Å². The van der Waals surface area contributed by atoms with Crippen LogP contribution in [0.5, 0.6) is 0 Å². The molecular formula is C15H11N3O. The van der Waals surface area contributed by atoms with Crippen molar-refractivity contribution in [1.29, 1.82) is 0 Å². The number of rotatable bonds is 3. The van der Waals surface area contributed by atoms with Crippen molar-refractivity contribution < 1.29 is 4.79 Å². The molecule has 0 fully saturated rings. The van der Waals surface area contributed by atoms with Gasteiger partial charge in [-0.25, -0.2) is 0 Å². The minimum absolute atomic E-state index is 0.640. The second-order valence-corrected chi connectivity index (χ2v) is 4.15. The molecule has 92 valence electrons. The third-order valence-electron chi connectivity index (χ3n) is 2.89. The van der Waals surface area contributed by atoms with E-state index in [1.54, 1.807) is 24.5 Å². The van der Waals surface area contributed by atoms with Crippen LogP contribution in [0, 0.1) is 0 Å². The fourth-order valence-corrected chi connectivity index (χ4v) is 1.91. The van der Waals surface area contributed by atoms with Crippen molar-refractivity contribution in [2.75, 3.05) is 0 Å². The number of nitrogens with zero attached hydrogens (tertiary/aromatic N) is 2. The lowest BCUT2D eigenvalue weighted by atomic mass is 10.1. The van der Waals surface area contributed by atoms with Crippen molar-refractivity contribution in [2.45, 2.75) is 0 Å². The maximum absolute atomic E-state index is 10.7. The summed E-state index contributed by atoms with van der Waals surface area (Å²) >= 11 is 0. The van der Waals surface area contributed by atoms with Crippen LogP contribution in [0.3, 0.4) is 0 Å². The van der Waals surface area contributed by atoms with E-state index in [-0.39, 0.29) is 0 Å². The molecular weight excluding hydrogens is 238 g/mol. The molecule has 1 N–H and O–H groups in total. The first kappa shape index (κ1) is 11.3. The van der Waals surface area contributed by atoms with E-state index in [0.717, 1.165) is 28.4 Å². The van der Waals surface area contributed by atoms with Crippen LogP contribution in [0.1, 0.15) is 21.6 Å². The molecule has 3 aromatic rings. The zero-order valence-corrected chi connectivity index (χ0v) is 10.1. The number of aromatic nitrogens is 3. The van der Waals surface area contributed by atoms with Gasteiger partial charge in [0.15, 0.2) is 0 Å². The first-order valence-electron chi connectivity index (χ1n) is 5.88. The number of hydrogen-bond acceptors (Lipinski definition) is 3. The second kappa shape index (κ2) is 4.86. The van der Waals surface area contributed by atoms with Crippen LogP contribution in [0.25, 0.3) is 23.1 Å². The number of carbonyl (C=O) groups is 1. The number of carbonyl (C=O) groups excluding carboxylic acids is 1.